The Morgan fingerprint density at radius 1 is 1.00 bits per heavy atom. The fourth-order valence-electron chi connectivity index (χ4n) is 2.69. The number of carbonyl (C=O) groups is 2. The normalized spacial score (nSPS) is 10.1. The van der Waals surface area contributed by atoms with Crippen molar-refractivity contribution in [3.63, 3.8) is 0 Å². The Bertz CT molecular complexity index is 805. The Kier molecular flexibility index (Phi) is 7.68. The molecule has 0 aliphatic heterocycles. The van der Waals surface area contributed by atoms with Crippen molar-refractivity contribution in [2.24, 2.45) is 0 Å². The Hall–Kier alpha value is -3.22. The Morgan fingerprint density at radius 2 is 1.68 bits per heavy atom. The van der Waals surface area contributed by atoms with Crippen molar-refractivity contribution >= 4 is 23.2 Å². The Balaban J connectivity index is 2.03. The molecule has 0 aliphatic carbocycles. The highest BCUT2D eigenvalue weighted by Crippen LogP contribution is 2.32. The van der Waals surface area contributed by atoms with E-state index < -0.39 is 0 Å². The van der Waals surface area contributed by atoms with E-state index in [4.69, 9.17) is 14.2 Å². The van der Waals surface area contributed by atoms with Crippen LogP contribution in [0.3, 0.4) is 0 Å². The molecular weight excluding hydrogens is 360 g/mol. The van der Waals surface area contributed by atoms with E-state index in [-0.39, 0.29) is 24.8 Å². The number of benzene rings is 2. The minimum Gasteiger partial charge on any atom is -0.497 e. The molecule has 2 aromatic rings. The standard InChI is InChI=1S/C21H26N2O5/c1-5-28-17-8-6-16(7-9-17)22-21(25)12-13-23(15(2)24)19-11-10-18(26-3)14-20(19)27-4/h6-11,14H,5,12-13H2,1-4H3,(H,22,25). The minimum atomic E-state index is -0.192. The summed E-state index contributed by atoms with van der Waals surface area (Å²) in [7, 11) is 3.08. The van der Waals surface area contributed by atoms with Gasteiger partial charge in [-0.25, -0.2) is 0 Å². The average Bonchev–Trinajstić information content (AvgIpc) is 2.69. The number of amides is 2. The topological polar surface area (TPSA) is 77.1 Å². The summed E-state index contributed by atoms with van der Waals surface area (Å²) in [6, 6.07) is 12.3. The first-order valence-corrected chi connectivity index (χ1v) is 9.01. The molecule has 2 aromatic carbocycles. The fourth-order valence-corrected chi connectivity index (χ4v) is 2.69. The number of rotatable bonds is 9. The summed E-state index contributed by atoms with van der Waals surface area (Å²) in [5, 5.41) is 2.82. The monoisotopic (exact) mass is 386 g/mol. The number of nitrogens with one attached hydrogen (secondary N) is 1. The molecule has 0 radical (unpaired) electrons. The van der Waals surface area contributed by atoms with E-state index in [2.05, 4.69) is 5.32 Å². The second kappa shape index (κ2) is 10.2. The van der Waals surface area contributed by atoms with Gasteiger partial charge < -0.3 is 24.4 Å². The molecule has 28 heavy (non-hydrogen) atoms. The molecule has 0 atom stereocenters. The van der Waals surface area contributed by atoms with E-state index in [0.29, 0.717) is 29.5 Å². The molecule has 0 aromatic heterocycles. The smallest absolute Gasteiger partial charge is 0.226 e. The lowest BCUT2D eigenvalue weighted by atomic mass is 10.2. The van der Waals surface area contributed by atoms with Crippen molar-refractivity contribution in [2.45, 2.75) is 20.3 Å². The molecule has 0 saturated heterocycles. The van der Waals surface area contributed by atoms with Crippen LogP contribution >= 0.6 is 0 Å². The van der Waals surface area contributed by atoms with Crippen LogP contribution in [0.25, 0.3) is 0 Å². The third-order valence-corrected chi connectivity index (χ3v) is 4.07. The third-order valence-electron chi connectivity index (χ3n) is 4.07. The zero-order valence-electron chi connectivity index (χ0n) is 16.7. The summed E-state index contributed by atoms with van der Waals surface area (Å²) in [5.41, 5.74) is 1.26. The summed E-state index contributed by atoms with van der Waals surface area (Å²) >= 11 is 0. The maximum absolute atomic E-state index is 12.3. The summed E-state index contributed by atoms with van der Waals surface area (Å²) in [6.07, 6.45) is 0.141. The second-order valence-corrected chi connectivity index (χ2v) is 5.96. The maximum Gasteiger partial charge on any atom is 0.226 e. The summed E-state index contributed by atoms with van der Waals surface area (Å²) < 4.78 is 15.9. The van der Waals surface area contributed by atoms with E-state index in [1.54, 1.807) is 49.6 Å². The molecule has 0 saturated carbocycles. The van der Waals surface area contributed by atoms with Gasteiger partial charge in [-0.2, -0.15) is 0 Å². The van der Waals surface area contributed by atoms with Crippen molar-refractivity contribution in [2.75, 3.05) is 37.6 Å². The average molecular weight is 386 g/mol. The molecule has 7 heteroatoms. The summed E-state index contributed by atoms with van der Waals surface area (Å²) in [6.45, 7) is 4.17. The zero-order chi connectivity index (χ0) is 20.5. The van der Waals surface area contributed by atoms with E-state index in [9.17, 15) is 9.59 Å². The first-order chi connectivity index (χ1) is 13.5. The molecule has 2 amide bonds. The molecule has 2 rings (SSSR count). The van der Waals surface area contributed by atoms with Gasteiger partial charge in [0.05, 0.1) is 26.5 Å². The van der Waals surface area contributed by atoms with Gasteiger partial charge in [0.1, 0.15) is 17.2 Å². The van der Waals surface area contributed by atoms with Gasteiger partial charge in [0, 0.05) is 31.6 Å². The van der Waals surface area contributed by atoms with Gasteiger partial charge >= 0.3 is 0 Å². The highest BCUT2D eigenvalue weighted by atomic mass is 16.5. The number of hydrogen-bond donors (Lipinski definition) is 1. The van der Waals surface area contributed by atoms with Gasteiger partial charge in [0.15, 0.2) is 0 Å². The highest BCUT2D eigenvalue weighted by molar-refractivity contribution is 5.95. The number of ether oxygens (including phenoxy) is 3. The number of anilines is 2. The van der Waals surface area contributed by atoms with Crippen LogP contribution < -0.4 is 24.4 Å². The van der Waals surface area contributed by atoms with Crippen LogP contribution in [0.4, 0.5) is 11.4 Å². The number of methoxy groups -OCH3 is 2. The van der Waals surface area contributed by atoms with Crippen LogP contribution in [0.2, 0.25) is 0 Å². The molecule has 0 bridgehead atoms. The zero-order valence-corrected chi connectivity index (χ0v) is 16.7. The molecule has 0 aliphatic rings. The van der Waals surface area contributed by atoms with Gasteiger partial charge in [-0.1, -0.05) is 0 Å². The second-order valence-electron chi connectivity index (χ2n) is 5.96. The van der Waals surface area contributed by atoms with Gasteiger partial charge in [0.2, 0.25) is 11.8 Å². The van der Waals surface area contributed by atoms with E-state index in [1.807, 2.05) is 6.92 Å². The van der Waals surface area contributed by atoms with E-state index >= 15 is 0 Å². The predicted molar refractivity (Wildman–Crippen MR) is 108 cm³/mol. The van der Waals surface area contributed by atoms with Gasteiger partial charge in [-0.15, -0.1) is 0 Å². The lowest BCUT2D eigenvalue weighted by molar-refractivity contribution is -0.117. The van der Waals surface area contributed by atoms with Crippen molar-refractivity contribution in [3.8, 4) is 17.2 Å². The van der Waals surface area contributed by atoms with Crippen LogP contribution in [-0.2, 0) is 9.59 Å². The number of nitrogens with zero attached hydrogens (tertiary/aromatic N) is 1. The van der Waals surface area contributed by atoms with Crippen LogP contribution in [0.5, 0.6) is 17.2 Å². The highest BCUT2D eigenvalue weighted by Gasteiger charge is 2.18. The van der Waals surface area contributed by atoms with Crippen LogP contribution in [0.1, 0.15) is 20.3 Å². The predicted octanol–water partition coefficient (Wildman–Crippen LogP) is 3.48. The summed E-state index contributed by atoms with van der Waals surface area (Å²) in [5.74, 6) is 1.49. The van der Waals surface area contributed by atoms with Crippen molar-refractivity contribution in [1.82, 2.24) is 0 Å². The molecule has 7 nitrogen and oxygen atoms in total. The Labute approximate surface area is 165 Å². The fraction of sp³-hybridized carbons (Fsp3) is 0.333. The quantitative estimate of drug-likeness (QED) is 0.714. The number of carbonyl (C=O) groups excluding carboxylic acids is 2. The van der Waals surface area contributed by atoms with Crippen molar-refractivity contribution < 1.29 is 23.8 Å². The largest absolute Gasteiger partial charge is 0.497 e. The lowest BCUT2D eigenvalue weighted by Gasteiger charge is -2.23. The summed E-state index contributed by atoms with van der Waals surface area (Å²) in [4.78, 5) is 25.9. The molecule has 0 unspecified atom stereocenters. The molecule has 0 heterocycles. The molecular formula is C21H26N2O5. The first kappa shape index (κ1) is 21.1. The van der Waals surface area contributed by atoms with Crippen LogP contribution in [0.15, 0.2) is 42.5 Å². The Morgan fingerprint density at radius 3 is 2.25 bits per heavy atom. The first-order valence-electron chi connectivity index (χ1n) is 9.01. The van der Waals surface area contributed by atoms with Gasteiger partial charge in [0.25, 0.3) is 0 Å². The third kappa shape index (κ3) is 5.64. The minimum absolute atomic E-state index is 0.141. The SMILES string of the molecule is CCOc1ccc(NC(=O)CCN(C(C)=O)c2ccc(OC)cc2OC)cc1. The molecule has 150 valence electrons. The van der Waals surface area contributed by atoms with Gasteiger partial charge in [-0.05, 0) is 43.3 Å². The van der Waals surface area contributed by atoms with Crippen molar-refractivity contribution in [3.05, 3.63) is 42.5 Å². The van der Waals surface area contributed by atoms with Crippen LogP contribution in [0, 0.1) is 0 Å². The molecule has 1 N–H and O–H groups in total. The maximum atomic E-state index is 12.3. The molecule has 0 spiro atoms. The van der Waals surface area contributed by atoms with E-state index in [1.165, 1.54) is 18.9 Å². The van der Waals surface area contributed by atoms with Gasteiger partial charge in [-0.3, -0.25) is 9.59 Å². The van der Waals surface area contributed by atoms with Crippen molar-refractivity contribution in [1.29, 1.82) is 0 Å². The lowest BCUT2D eigenvalue weighted by Crippen LogP contribution is -2.32. The van der Waals surface area contributed by atoms with E-state index in [0.717, 1.165) is 5.75 Å². The molecule has 0 fully saturated rings. The van der Waals surface area contributed by atoms with Crippen LogP contribution in [-0.4, -0.2) is 39.2 Å². The number of hydrogen-bond acceptors (Lipinski definition) is 5.